The van der Waals surface area contributed by atoms with Crippen molar-refractivity contribution in [1.29, 1.82) is 0 Å². The molecule has 0 aliphatic heterocycles. The molecular weight excluding hydrogens is 345 g/mol. The zero-order chi connectivity index (χ0) is 17.6. The van der Waals surface area contributed by atoms with Crippen LogP contribution in [0.25, 0.3) is 0 Å². The Morgan fingerprint density at radius 1 is 1.08 bits per heavy atom. The van der Waals surface area contributed by atoms with Gasteiger partial charge in [-0.25, -0.2) is 18.1 Å². The molecular formula is C15H15F3N2O3S. The first-order chi connectivity index (χ1) is 11.3. The Bertz CT molecular complexity index is 765. The van der Waals surface area contributed by atoms with Gasteiger partial charge in [0.2, 0.25) is 15.9 Å². The highest BCUT2D eigenvalue weighted by molar-refractivity contribution is 7.88. The number of pyridine rings is 1. The van der Waals surface area contributed by atoms with Crippen LogP contribution in [0.5, 0.6) is 5.88 Å². The van der Waals surface area contributed by atoms with Gasteiger partial charge in [-0.1, -0.05) is 36.4 Å². The first-order valence-electron chi connectivity index (χ1n) is 6.90. The lowest BCUT2D eigenvalue weighted by molar-refractivity contribution is -0.154. The molecule has 2 aromatic rings. The summed E-state index contributed by atoms with van der Waals surface area (Å²) >= 11 is 0. The van der Waals surface area contributed by atoms with Crippen molar-refractivity contribution in [3.63, 3.8) is 0 Å². The molecule has 9 heteroatoms. The Morgan fingerprint density at radius 3 is 2.46 bits per heavy atom. The molecule has 0 saturated heterocycles. The Hall–Kier alpha value is -2.13. The molecule has 1 aromatic heterocycles. The average molecular weight is 360 g/mol. The fourth-order valence-corrected chi connectivity index (χ4v) is 2.98. The molecule has 2 rings (SSSR count). The van der Waals surface area contributed by atoms with Gasteiger partial charge in [0.25, 0.3) is 0 Å². The van der Waals surface area contributed by atoms with Crippen molar-refractivity contribution >= 4 is 10.0 Å². The second-order valence-electron chi connectivity index (χ2n) is 4.94. The van der Waals surface area contributed by atoms with Gasteiger partial charge in [-0.2, -0.15) is 13.2 Å². The van der Waals surface area contributed by atoms with Crippen LogP contribution in [0.15, 0.2) is 48.7 Å². The van der Waals surface area contributed by atoms with Gasteiger partial charge in [0, 0.05) is 18.3 Å². The van der Waals surface area contributed by atoms with Crippen LogP contribution in [0.1, 0.15) is 11.1 Å². The minimum Gasteiger partial charge on any atom is -0.468 e. The summed E-state index contributed by atoms with van der Waals surface area (Å²) in [6.07, 6.45) is -3.23. The number of nitrogens with zero attached hydrogens (tertiary/aromatic N) is 1. The number of ether oxygens (including phenoxy) is 1. The SMILES string of the molecule is O=S(=O)(Cc1ccccc1)NCc1cccnc1OCC(F)(F)F. The van der Waals surface area contributed by atoms with Gasteiger partial charge >= 0.3 is 6.18 Å². The normalized spacial score (nSPS) is 12.1. The van der Waals surface area contributed by atoms with E-state index in [9.17, 15) is 21.6 Å². The summed E-state index contributed by atoms with van der Waals surface area (Å²) in [5, 5.41) is 0. The Morgan fingerprint density at radius 2 is 1.79 bits per heavy atom. The molecule has 0 radical (unpaired) electrons. The second kappa shape index (κ2) is 7.63. The Labute approximate surface area is 137 Å². The maximum absolute atomic E-state index is 12.2. The average Bonchev–Trinajstić information content (AvgIpc) is 2.51. The summed E-state index contributed by atoms with van der Waals surface area (Å²) in [5.74, 6) is -0.482. The van der Waals surface area contributed by atoms with E-state index in [4.69, 9.17) is 0 Å². The van der Waals surface area contributed by atoms with Crippen LogP contribution in [0.2, 0.25) is 0 Å². The van der Waals surface area contributed by atoms with E-state index in [0.717, 1.165) is 0 Å². The van der Waals surface area contributed by atoms with Gasteiger partial charge in [0.05, 0.1) is 5.75 Å². The van der Waals surface area contributed by atoms with E-state index in [1.165, 1.54) is 18.3 Å². The Balaban J connectivity index is 2.01. The number of hydrogen-bond donors (Lipinski definition) is 1. The van der Waals surface area contributed by atoms with Crippen LogP contribution >= 0.6 is 0 Å². The molecule has 1 aromatic carbocycles. The van der Waals surface area contributed by atoms with Crippen molar-refractivity contribution in [3.8, 4) is 5.88 Å². The molecule has 1 heterocycles. The number of rotatable bonds is 7. The molecule has 5 nitrogen and oxygen atoms in total. The zero-order valence-corrected chi connectivity index (χ0v) is 13.3. The van der Waals surface area contributed by atoms with Gasteiger partial charge in [0.1, 0.15) is 0 Å². The van der Waals surface area contributed by atoms with E-state index in [1.54, 1.807) is 30.3 Å². The lowest BCUT2D eigenvalue weighted by Gasteiger charge is -2.12. The number of nitrogens with one attached hydrogen (secondary N) is 1. The predicted octanol–water partition coefficient (Wildman–Crippen LogP) is 2.64. The van der Waals surface area contributed by atoms with Crippen LogP contribution in [0, 0.1) is 0 Å². The van der Waals surface area contributed by atoms with Crippen molar-refractivity contribution in [1.82, 2.24) is 9.71 Å². The maximum atomic E-state index is 12.2. The first-order valence-corrected chi connectivity index (χ1v) is 8.55. The Kier molecular flexibility index (Phi) is 5.79. The maximum Gasteiger partial charge on any atom is 0.422 e. The van der Waals surface area contributed by atoms with E-state index >= 15 is 0 Å². The van der Waals surface area contributed by atoms with E-state index in [2.05, 4.69) is 14.4 Å². The molecule has 0 unspecified atom stereocenters. The summed E-state index contributed by atoms with van der Waals surface area (Å²) in [4.78, 5) is 3.71. The zero-order valence-electron chi connectivity index (χ0n) is 12.5. The number of halogens is 3. The van der Waals surface area contributed by atoms with E-state index in [0.29, 0.717) is 5.56 Å². The van der Waals surface area contributed by atoms with Crippen LogP contribution in [0.3, 0.4) is 0 Å². The topological polar surface area (TPSA) is 68.3 Å². The fraction of sp³-hybridized carbons (Fsp3) is 0.267. The largest absolute Gasteiger partial charge is 0.468 e. The van der Waals surface area contributed by atoms with Crippen LogP contribution in [-0.2, 0) is 22.3 Å². The molecule has 0 bridgehead atoms. The second-order valence-corrected chi connectivity index (χ2v) is 6.74. The van der Waals surface area contributed by atoms with E-state index in [-0.39, 0.29) is 23.7 Å². The van der Waals surface area contributed by atoms with Gasteiger partial charge in [-0.05, 0) is 11.6 Å². The smallest absolute Gasteiger partial charge is 0.422 e. The molecule has 0 fully saturated rings. The lowest BCUT2D eigenvalue weighted by Crippen LogP contribution is -2.26. The summed E-state index contributed by atoms with van der Waals surface area (Å²) in [7, 11) is -3.65. The highest BCUT2D eigenvalue weighted by Gasteiger charge is 2.29. The minimum atomic E-state index is -4.50. The molecule has 0 aliphatic rings. The standard InChI is InChI=1S/C15H15F3N2O3S/c16-15(17,18)11-23-14-13(7-4-8-19-14)9-20-24(21,22)10-12-5-2-1-3-6-12/h1-8,20H,9-11H2. The van der Waals surface area contributed by atoms with Crippen molar-refractivity contribution in [2.24, 2.45) is 0 Å². The van der Waals surface area contributed by atoms with Gasteiger partial charge < -0.3 is 4.74 Å². The number of aromatic nitrogens is 1. The molecule has 1 N–H and O–H groups in total. The summed E-state index contributed by atoms with van der Waals surface area (Å²) < 4.78 is 67.7. The third-order valence-corrected chi connectivity index (χ3v) is 4.20. The molecule has 0 saturated carbocycles. The first kappa shape index (κ1) is 18.2. The van der Waals surface area contributed by atoms with Crippen molar-refractivity contribution < 1.29 is 26.3 Å². The molecule has 0 atom stereocenters. The lowest BCUT2D eigenvalue weighted by atomic mass is 10.2. The van der Waals surface area contributed by atoms with Crippen molar-refractivity contribution in [3.05, 3.63) is 59.8 Å². The van der Waals surface area contributed by atoms with Crippen LogP contribution in [-0.4, -0.2) is 26.2 Å². The highest BCUT2D eigenvalue weighted by Crippen LogP contribution is 2.20. The predicted molar refractivity (Wildman–Crippen MR) is 81.7 cm³/mol. The summed E-state index contributed by atoms with van der Waals surface area (Å²) in [6, 6.07) is 11.5. The number of benzene rings is 1. The van der Waals surface area contributed by atoms with Gasteiger partial charge in [0.15, 0.2) is 6.61 Å². The molecule has 24 heavy (non-hydrogen) atoms. The number of sulfonamides is 1. The molecule has 0 spiro atoms. The van der Waals surface area contributed by atoms with E-state index in [1.807, 2.05) is 0 Å². The molecule has 130 valence electrons. The summed E-state index contributed by atoms with van der Waals surface area (Å²) in [6.45, 7) is -1.70. The highest BCUT2D eigenvalue weighted by atomic mass is 32.2. The van der Waals surface area contributed by atoms with Crippen molar-refractivity contribution in [2.45, 2.75) is 18.5 Å². The van der Waals surface area contributed by atoms with Crippen LogP contribution in [0.4, 0.5) is 13.2 Å². The number of alkyl halides is 3. The third-order valence-electron chi connectivity index (χ3n) is 2.90. The fourth-order valence-electron chi connectivity index (χ4n) is 1.87. The number of hydrogen-bond acceptors (Lipinski definition) is 4. The minimum absolute atomic E-state index is 0.212. The monoisotopic (exact) mass is 360 g/mol. The molecule has 0 aliphatic carbocycles. The van der Waals surface area contributed by atoms with Crippen molar-refractivity contribution in [2.75, 3.05) is 6.61 Å². The van der Waals surface area contributed by atoms with Gasteiger partial charge in [-0.3, -0.25) is 0 Å². The third kappa shape index (κ3) is 6.17. The van der Waals surface area contributed by atoms with E-state index < -0.39 is 22.8 Å². The molecule has 0 amide bonds. The quantitative estimate of drug-likeness (QED) is 0.824. The summed E-state index contributed by atoms with van der Waals surface area (Å²) in [5.41, 5.74) is 0.822. The van der Waals surface area contributed by atoms with Crippen LogP contribution < -0.4 is 9.46 Å². The van der Waals surface area contributed by atoms with Gasteiger partial charge in [-0.15, -0.1) is 0 Å².